The summed E-state index contributed by atoms with van der Waals surface area (Å²) < 4.78 is 1.94. The summed E-state index contributed by atoms with van der Waals surface area (Å²) in [5, 5.41) is 10.3. The van der Waals surface area contributed by atoms with Gasteiger partial charge in [-0.3, -0.25) is 0 Å². The monoisotopic (exact) mass is 391 g/mol. The third-order valence-electron chi connectivity index (χ3n) is 4.39. The van der Waals surface area contributed by atoms with Crippen molar-refractivity contribution in [2.45, 2.75) is 19.3 Å². The number of fused-ring (bicyclic) bond motifs is 1. The summed E-state index contributed by atoms with van der Waals surface area (Å²) in [6, 6.07) is 13.2. The molecule has 4 rings (SSSR count). The van der Waals surface area contributed by atoms with Gasteiger partial charge in [-0.25, -0.2) is 4.68 Å². The first-order chi connectivity index (χ1) is 12.1. The maximum Gasteiger partial charge on any atom is 0.133 e. The van der Waals surface area contributed by atoms with Crippen LogP contribution in [0.3, 0.4) is 0 Å². The number of aromatic nitrogens is 2. The van der Waals surface area contributed by atoms with Gasteiger partial charge in [-0.05, 0) is 61.7 Å². The van der Waals surface area contributed by atoms with Crippen LogP contribution in [0.15, 0.2) is 42.5 Å². The molecule has 0 amide bonds. The highest BCUT2D eigenvalue weighted by Gasteiger charge is 2.23. The van der Waals surface area contributed by atoms with Crippen LogP contribution in [-0.2, 0) is 6.42 Å². The highest BCUT2D eigenvalue weighted by molar-refractivity contribution is 6.36. The molecule has 0 saturated heterocycles. The van der Waals surface area contributed by atoms with Crippen LogP contribution in [0.25, 0.3) is 16.9 Å². The summed E-state index contributed by atoms with van der Waals surface area (Å²) in [5.41, 5.74) is 3.96. The van der Waals surface area contributed by atoms with E-state index in [0.29, 0.717) is 15.1 Å². The second kappa shape index (κ2) is 6.91. The molecule has 3 nitrogen and oxygen atoms in total. The van der Waals surface area contributed by atoms with Gasteiger partial charge in [0.2, 0.25) is 0 Å². The van der Waals surface area contributed by atoms with Gasteiger partial charge in [-0.2, -0.15) is 5.10 Å². The fourth-order valence-electron chi connectivity index (χ4n) is 3.17. The van der Waals surface area contributed by atoms with E-state index in [0.717, 1.165) is 48.6 Å². The summed E-state index contributed by atoms with van der Waals surface area (Å²) in [7, 11) is 0. The molecule has 2 aromatic carbocycles. The molecule has 0 bridgehead atoms. The predicted molar refractivity (Wildman–Crippen MR) is 105 cm³/mol. The zero-order valence-corrected chi connectivity index (χ0v) is 15.7. The number of halogens is 3. The Balaban J connectivity index is 1.91. The summed E-state index contributed by atoms with van der Waals surface area (Å²) in [5.74, 6) is 1.03. The number of nitrogens with zero attached hydrogens (tertiary/aromatic N) is 2. The van der Waals surface area contributed by atoms with Crippen LogP contribution in [0.5, 0.6) is 0 Å². The molecule has 2 heterocycles. The number of hydrogen-bond donors (Lipinski definition) is 1. The van der Waals surface area contributed by atoms with Crippen molar-refractivity contribution in [3.63, 3.8) is 0 Å². The smallest absolute Gasteiger partial charge is 0.133 e. The van der Waals surface area contributed by atoms with Gasteiger partial charge in [0.25, 0.3) is 0 Å². The normalized spacial score (nSPS) is 13.9. The van der Waals surface area contributed by atoms with E-state index in [4.69, 9.17) is 39.9 Å². The van der Waals surface area contributed by atoms with Gasteiger partial charge >= 0.3 is 0 Å². The fraction of sp³-hybridized carbons (Fsp3) is 0.211. The molecular formula is C19H16Cl3N3. The van der Waals surface area contributed by atoms with Gasteiger partial charge < -0.3 is 5.32 Å². The van der Waals surface area contributed by atoms with Crippen LogP contribution in [0.1, 0.15) is 18.4 Å². The summed E-state index contributed by atoms with van der Waals surface area (Å²) >= 11 is 18.5. The molecular weight excluding hydrogens is 377 g/mol. The SMILES string of the molecule is Clc1ccc(-n2nc(-c3ccc(Cl)cc3Cl)c3c2NCCCC3)cc1. The number of anilines is 1. The lowest BCUT2D eigenvalue weighted by atomic mass is 10.0. The van der Waals surface area contributed by atoms with E-state index in [9.17, 15) is 0 Å². The Kier molecular flexibility index (Phi) is 4.63. The number of benzene rings is 2. The van der Waals surface area contributed by atoms with Gasteiger partial charge in [0.15, 0.2) is 0 Å². The van der Waals surface area contributed by atoms with Crippen molar-refractivity contribution < 1.29 is 0 Å². The molecule has 0 fully saturated rings. The third-order valence-corrected chi connectivity index (χ3v) is 5.19. The molecule has 6 heteroatoms. The van der Waals surface area contributed by atoms with Crippen LogP contribution < -0.4 is 5.32 Å². The van der Waals surface area contributed by atoms with Gasteiger partial charge in [0.05, 0.1) is 16.4 Å². The Hall–Kier alpha value is -1.68. The van der Waals surface area contributed by atoms with E-state index in [1.807, 2.05) is 41.1 Å². The van der Waals surface area contributed by atoms with Crippen molar-refractivity contribution >= 4 is 40.6 Å². The minimum Gasteiger partial charge on any atom is -0.370 e. The Labute approximate surface area is 161 Å². The van der Waals surface area contributed by atoms with Crippen molar-refractivity contribution in [3.05, 3.63) is 63.1 Å². The van der Waals surface area contributed by atoms with Crippen LogP contribution in [0.4, 0.5) is 5.82 Å². The number of nitrogens with one attached hydrogen (secondary N) is 1. The molecule has 0 aliphatic carbocycles. The topological polar surface area (TPSA) is 29.9 Å². The lowest BCUT2D eigenvalue weighted by Gasteiger charge is -2.09. The van der Waals surface area contributed by atoms with E-state index >= 15 is 0 Å². The minimum atomic E-state index is 0.611. The summed E-state index contributed by atoms with van der Waals surface area (Å²) in [6.07, 6.45) is 3.21. The zero-order valence-electron chi connectivity index (χ0n) is 13.4. The highest BCUT2D eigenvalue weighted by Crippen LogP contribution is 2.37. The Morgan fingerprint density at radius 2 is 1.68 bits per heavy atom. The lowest BCUT2D eigenvalue weighted by Crippen LogP contribution is -2.07. The maximum atomic E-state index is 6.45. The molecule has 1 N–H and O–H groups in total. The maximum absolute atomic E-state index is 6.45. The molecule has 128 valence electrons. The quantitative estimate of drug-likeness (QED) is 0.559. The van der Waals surface area contributed by atoms with E-state index in [-0.39, 0.29) is 0 Å². The second-order valence-electron chi connectivity index (χ2n) is 6.07. The molecule has 1 aliphatic heterocycles. The van der Waals surface area contributed by atoms with Crippen molar-refractivity contribution in [2.24, 2.45) is 0 Å². The standard InChI is InChI=1S/C19H16Cl3N3/c20-12-4-7-14(8-5-12)25-19-16(3-1-2-10-23-19)18(24-25)15-9-6-13(21)11-17(15)22/h4-9,11,23H,1-3,10H2. The highest BCUT2D eigenvalue weighted by atomic mass is 35.5. The molecule has 1 aliphatic rings. The van der Waals surface area contributed by atoms with Crippen LogP contribution in [0.2, 0.25) is 15.1 Å². The Bertz CT molecular complexity index is 916. The first kappa shape index (κ1) is 16.8. The first-order valence-corrected chi connectivity index (χ1v) is 9.34. The van der Waals surface area contributed by atoms with Crippen LogP contribution in [-0.4, -0.2) is 16.3 Å². The van der Waals surface area contributed by atoms with Crippen molar-refractivity contribution in [3.8, 4) is 16.9 Å². The molecule has 0 atom stereocenters. The Morgan fingerprint density at radius 3 is 2.44 bits per heavy atom. The second-order valence-corrected chi connectivity index (χ2v) is 7.35. The lowest BCUT2D eigenvalue weighted by molar-refractivity contribution is 0.780. The number of hydrogen-bond acceptors (Lipinski definition) is 2. The van der Waals surface area contributed by atoms with Gasteiger partial charge in [0.1, 0.15) is 5.82 Å². The average molecular weight is 393 g/mol. The van der Waals surface area contributed by atoms with Crippen molar-refractivity contribution in [2.75, 3.05) is 11.9 Å². The molecule has 0 radical (unpaired) electrons. The first-order valence-electron chi connectivity index (χ1n) is 8.20. The van der Waals surface area contributed by atoms with Gasteiger partial charge in [-0.15, -0.1) is 0 Å². The van der Waals surface area contributed by atoms with E-state index < -0.39 is 0 Å². The summed E-state index contributed by atoms with van der Waals surface area (Å²) in [4.78, 5) is 0. The average Bonchev–Trinajstić information content (AvgIpc) is 2.78. The molecule has 1 aromatic heterocycles. The van der Waals surface area contributed by atoms with Crippen LogP contribution in [0, 0.1) is 0 Å². The van der Waals surface area contributed by atoms with Crippen molar-refractivity contribution in [1.29, 1.82) is 0 Å². The zero-order chi connectivity index (χ0) is 17.4. The van der Waals surface area contributed by atoms with Gasteiger partial charge in [0, 0.05) is 27.7 Å². The van der Waals surface area contributed by atoms with E-state index in [2.05, 4.69) is 5.32 Å². The molecule has 25 heavy (non-hydrogen) atoms. The minimum absolute atomic E-state index is 0.611. The van der Waals surface area contributed by atoms with Crippen LogP contribution >= 0.6 is 34.8 Å². The molecule has 0 unspecified atom stereocenters. The Morgan fingerprint density at radius 1 is 0.920 bits per heavy atom. The molecule has 0 spiro atoms. The van der Waals surface area contributed by atoms with E-state index in [1.54, 1.807) is 6.07 Å². The molecule has 0 saturated carbocycles. The van der Waals surface area contributed by atoms with E-state index in [1.165, 1.54) is 5.56 Å². The molecule has 3 aromatic rings. The largest absolute Gasteiger partial charge is 0.370 e. The fourth-order valence-corrected chi connectivity index (χ4v) is 3.79. The predicted octanol–water partition coefficient (Wildman–Crippen LogP) is 6.25. The van der Waals surface area contributed by atoms with Crippen molar-refractivity contribution in [1.82, 2.24) is 9.78 Å². The van der Waals surface area contributed by atoms with Gasteiger partial charge in [-0.1, -0.05) is 34.8 Å². The summed E-state index contributed by atoms with van der Waals surface area (Å²) in [6.45, 7) is 0.931. The third kappa shape index (κ3) is 3.24. The number of rotatable bonds is 2.